The van der Waals surface area contributed by atoms with Crippen molar-refractivity contribution in [3.05, 3.63) is 83.6 Å². The number of hydrogen-bond donors (Lipinski definition) is 4. The summed E-state index contributed by atoms with van der Waals surface area (Å²) in [7, 11) is -4.06. The van der Waals surface area contributed by atoms with Gasteiger partial charge in [0.15, 0.2) is 0 Å². The minimum Gasteiger partial charge on any atom is -0.377 e. The predicted molar refractivity (Wildman–Crippen MR) is 143 cm³/mol. The summed E-state index contributed by atoms with van der Waals surface area (Å²) in [5, 5.41) is 19.2. The van der Waals surface area contributed by atoms with E-state index in [1.54, 1.807) is 25.1 Å². The van der Waals surface area contributed by atoms with E-state index in [2.05, 4.69) is 20.7 Å². The number of nitrogens with one attached hydrogen (secondary N) is 4. The average Bonchev–Trinajstić information content (AvgIpc) is 2.88. The number of nitro groups is 1. The van der Waals surface area contributed by atoms with Crippen LogP contribution >= 0.6 is 11.6 Å². The van der Waals surface area contributed by atoms with Gasteiger partial charge in [-0.3, -0.25) is 24.4 Å². The van der Waals surface area contributed by atoms with Gasteiger partial charge in [-0.25, -0.2) is 13.2 Å². The standard InChI is InChI=1S/C24H24ClN5O7S/c1-13-4-2-3-5-19(13)38(36,37)29-21-20(22(31)23(21)32)26-14-6-8-15(9-7-14)27-24(33)28-18-11-10-16(30(34)35)12-17(18)25/h2-5,10-12,14-15,26,29H,6-9H2,1H3,(H2,27,28,33). The van der Waals surface area contributed by atoms with Crippen LogP contribution in [0.4, 0.5) is 27.5 Å². The molecule has 0 unspecified atom stereocenters. The minimum absolute atomic E-state index is 0.0128. The zero-order chi connectivity index (χ0) is 27.6. The first kappa shape index (κ1) is 27.1. The number of halogens is 1. The fraction of sp³-hybridized carbons (Fsp3) is 0.292. The first-order chi connectivity index (χ1) is 18.0. The van der Waals surface area contributed by atoms with Crippen LogP contribution in [-0.4, -0.2) is 31.5 Å². The van der Waals surface area contributed by atoms with Crippen molar-refractivity contribution in [2.75, 3.05) is 15.4 Å². The second-order valence-corrected chi connectivity index (χ2v) is 11.0. The lowest BCUT2D eigenvalue weighted by Crippen LogP contribution is -2.44. The number of non-ortho nitro benzene ring substituents is 1. The van der Waals surface area contributed by atoms with Gasteiger partial charge in [-0.15, -0.1) is 0 Å². The largest absolute Gasteiger partial charge is 0.377 e. The van der Waals surface area contributed by atoms with Gasteiger partial charge in [-0.05, 0) is 50.3 Å². The lowest BCUT2D eigenvalue weighted by molar-refractivity contribution is -0.384. The number of urea groups is 1. The lowest BCUT2D eigenvalue weighted by Gasteiger charge is -2.31. The Kier molecular flexibility index (Phi) is 7.69. The number of sulfonamides is 1. The number of anilines is 3. The summed E-state index contributed by atoms with van der Waals surface area (Å²) in [5.41, 5.74) is -1.50. The summed E-state index contributed by atoms with van der Waals surface area (Å²) in [6.07, 6.45) is 2.20. The van der Waals surface area contributed by atoms with Crippen LogP contribution in [0.3, 0.4) is 0 Å². The normalized spacial score (nSPS) is 17.5. The smallest absolute Gasteiger partial charge is 0.319 e. The van der Waals surface area contributed by atoms with Crippen molar-refractivity contribution in [1.82, 2.24) is 5.32 Å². The van der Waals surface area contributed by atoms with Crippen LogP contribution < -0.4 is 31.5 Å². The molecule has 0 atom stereocenters. The number of nitrogens with zero attached hydrogens (tertiary/aromatic N) is 1. The van der Waals surface area contributed by atoms with Crippen LogP contribution in [0.5, 0.6) is 0 Å². The molecule has 1 fully saturated rings. The van der Waals surface area contributed by atoms with E-state index in [0.29, 0.717) is 31.2 Å². The van der Waals surface area contributed by atoms with Crippen molar-refractivity contribution >= 4 is 50.4 Å². The summed E-state index contributed by atoms with van der Waals surface area (Å²) in [6.45, 7) is 1.63. The molecule has 14 heteroatoms. The topological polar surface area (TPSA) is 177 Å². The number of benzene rings is 2. The van der Waals surface area contributed by atoms with E-state index in [0.717, 1.165) is 6.07 Å². The summed E-state index contributed by atoms with van der Waals surface area (Å²) in [4.78, 5) is 46.9. The molecule has 3 aromatic rings. The molecule has 1 aliphatic carbocycles. The van der Waals surface area contributed by atoms with E-state index in [1.165, 1.54) is 18.2 Å². The molecule has 0 radical (unpaired) electrons. The van der Waals surface area contributed by atoms with Crippen LogP contribution in [0.25, 0.3) is 0 Å². The first-order valence-electron chi connectivity index (χ1n) is 11.7. The maximum absolute atomic E-state index is 12.8. The Hall–Kier alpha value is -3.97. The molecular formula is C24H24ClN5O7S. The molecule has 1 aliphatic rings. The van der Waals surface area contributed by atoms with Crippen molar-refractivity contribution < 1.29 is 18.1 Å². The Morgan fingerprint density at radius 2 is 1.63 bits per heavy atom. The number of carbonyl (C=O) groups excluding carboxylic acids is 1. The van der Waals surface area contributed by atoms with E-state index in [9.17, 15) is 32.9 Å². The van der Waals surface area contributed by atoms with E-state index in [4.69, 9.17) is 11.6 Å². The van der Waals surface area contributed by atoms with Gasteiger partial charge in [0.1, 0.15) is 11.4 Å². The Labute approximate surface area is 222 Å². The van der Waals surface area contributed by atoms with Gasteiger partial charge < -0.3 is 16.0 Å². The van der Waals surface area contributed by atoms with Crippen LogP contribution in [0.2, 0.25) is 5.02 Å². The third kappa shape index (κ3) is 5.78. The molecule has 2 amide bonds. The number of nitro benzene ring substituents is 1. The molecular weight excluding hydrogens is 538 g/mol. The van der Waals surface area contributed by atoms with Crippen LogP contribution in [0, 0.1) is 17.0 Å². The lowest BCUT2D eigenvalue weighted by atomic mass is 9.91. The highest BCUT2D eigenvalue weighted by molar-refractivity contribution is 7.92. The molecule has 4 N–H and O–H groups in total. The molecule has 12 nitrogen and oxygen atoms in total. The van der Waals surface area contributed by atoms with E-state index in [-0.39, 0.29) is 44.8 Å². The molecule has 200 valence electrons. The van der Waals surface area contributed by atoms with Crippen molar-refractivity contribution in [3.63, 3.8) is 0 Å². The summed E-state index contributed by atoms with van der Waals surface area (Å²) in [6, 6.07) is 9.11. The first-order valence-corrected chi connectivity index (χ1v) is 13.5. The van der Waals surface area contributed by atoms with Crippen LogP contribution in [-0.2, 0) is 10.0 Å². The number of aryl methyl sites for hydroxylation is 1. The third-order valence-electron chi connectivity index (χ3n) is 6.35. The summed E-state index contributed by atoms with van der Waals surface area (Å²) >= 11 is 6.01. The Balaban J connectivity index is 1.32. The maximum atomic E-state index is 12.8. The molecule has 0 bridgehead atoms. The molecule has 0 saturated heterocycles. The van der Waals surface area contributed by atoms with Crippen LogP contribution in [0.15, 0.2) is 56.9 Å². The van der Waals surface area contributed by atoms with E-state index in [1.807, 2.05) is 0 Å². The molecule has 4 rings (SSSR count). The minimum atomic E-state index is -4.06. The predicted octanol–water partition coefficient (Wildman–Crippen LogP) is 3.50. The van der Waals surface area contributed by atoms with E-state index >= 15 is 0 Å². The fourth-order valence-corrected chi connectivity index (χ4v) is 5.87. The van der Waals surface area contributed by atoms with Gasteiger partial charge >= 0.3 is 6.03 Å². The van der Waals surface area contributed by atoms with Gasteiger partial charge in [0.2, 0.25) is 0 Å². The summed E-state index contributed by atoms with van der Waals surface area (Å²) in [5.74, 6) is 0. The number of hydrogen-bond acceptors (Lipinski definition) is 8. The third-order valence-corrected chi connectivity index (χ3v) is 8.18. The molecule has 0 heterocycles. The Morgan fingerprint density at radius 3 is 2.26 bits per heavy atom. The zero-order valence-corrected chi connectivity index (χ0v) is 21.7. The van der Waals surface area contributed by atoms with Crippen molar-refractivity contribution in [2.45, 2.75) is 49.6 Å². The highest BCUT2D eigenvalue weighted by Gasteiger charge is 2.30. The van der Waals surface area contributed by atoms with Gasteiger partial charge in [0.05, 0.1) is 20.5 Å². The van der Waals surface area contributed by atoms with Gasteiger partial charge in [-0.1, -0.05) is 29.8 Å². The molecule has 1 saturated carbocycles. The molecule has 0 aliphatic heterocycles. The Morgan fingerprint density at radius 1 is 1.00 bits per heavy atom. The highest BCUT2D eigenvalue weighted by Crippen LogP contribution is 2.28. The second-order valence-electron chi connectivity index (χ2n) is 8.99. The van der Waals surface area contributed by atoms with Crippen molar-refractivity contribution in [2.24, 2.45) is 0 Å². The monoisotopic (exact) mass is 561 g/mol. The number of amides is 2. The van der Waals surface area contributed by atoms with Gasteiger partial charge in [0, 0.05) is 24.2 Å². The van der Waals surface area contributed by atoms with E-state index < -0.39 is 31.8 Å². The molecule has 0 spiro atoms. The van der Waals surface area contributed by atoms with Crippen molar-refractivity contribution in [1.29, 1.82) is 0 Å². The van der Waals surface area contributed by atoms with Gasteiger partial charge in [0.25, 0.3) is 26.6 Å². The van der Waals surface area contributed by atoms with Gasteiger partial charge in [-0.2, -0.15) is 0 Å². The molecule has 0 aromatic heterocycles. The molecule has 38 heavy (non-hydrogen) atoms. The SMILES string of the molecule is Cc1ccccc1S(=O)(=O)Nc1c(NC2CCC(NC(=O)Nc3ccc([N+](=O)[O-])cc3Cl)CC2)c(=O)c1=O. The Bertz CT molecular complexity index is 1580. The fourth-order valence-electron chi connectivity index (χ4n) is 4.32. The quantitative estimate of drug-likeness (QED) is 0.183. The molecule has 3 aromatic carbocycles. The number of rotatable bonds is 8. The second kappa shape index (κ2) is 10.8. The number of carbonyl (C=O) groups is 1. The van der Waals surface area contributed by atoms with Crippen LogP contribution in [0.1, 0.15) is 31.2 Å². The average molecular weight is 562 g/mol. The maximum Gasteiger partial charge on any atom is 0.319 e. The highest BCUT2D eigenvalue weighted by atomic mass is 35.5. The summed E-state index contributed by atoms with van der Waals surface area (Å²) < 4.78 is 27.8. The zero-order valence-electron chi connectivity index (χ0n) is 20.1. The van der Waals surface area contributed by atoms with Crippen molar-refractivity contribution in [3.8, 4) is 0 Å².